The average molecular weight is 675 g/mol. The molecule has 8 rings (SSSR count). The molecule has 252 valence electrons. The number of hydrogen-bond donors (Lipinski definition) is 0. The van der Waals surface area contributed by atoms with Crippen LogP contribution in [0.1, 0.15) is 75.6 Å². The molecule has 0 radical (unpaired) electrons. The van der Waals surface area contributed by atoms with Crippen molar-refractivity contribution in [3.8, 4) is 28.3 Å². The molecule has 1 unspecified atom stereocenters. The maximum Gasteiger partial charge on any atom is 0.319 e. The van der Waals surface area contributed by atoms with Gasteiger partial charge in [-0.2, -0.15) is 0 Å². The summed E-state index contributed by atoms with van der Waals surface area (Å²) in [6.07, 6.45) is 5.42. The van der Waals surface area contributed by atoms with E-state index in [1.165, 1.54) is 21.5 Å². The molecule has 0 N–H and O–H groups in total. The fraction of sp³-hybridized carbons (Fsp3) is 0.267. The Morgan fingerprint density at radius 2 is 1.24 bits per heavy atom. The molecule has 2 aliphatic rings. The maximum absolute atomic E-state index is 7.67. The third kappa shape index (κ3) is 5.82. The van der Waals surface area contributed by atoms with Gasteiger partial charge in [-0.25, -0.2) is 4.98 Å². The minimum absolute atomic E-state index is 0.107. The molecule has 0 amide bonds. The molecule has 5 aromatic carbocycles. The van der Waals surface area contributed by atoms with Crippen molar-refractivity contribution < 1.29 is 8.84 Å². The third-order valence-electron chi connectivity index (χ3n) is 10.8. The monoisotopic (exact) mass is 674 g/mol. The average Bonchev–Trinajstić information content (AvgIpc) is 3.83. The van der Waals surface area contributed by atoms with Crippen LogP contribution in [0.2, 0.25) is 5.04 Å². The van der Waals surface area contributed by atoms with Crippen LogP contribution in [0.15, 0.2) is 144 Å². The first-order valence-electron chi connectivity index (χ1n) is 18.2. The Morgan fingerprint density at radius 1 is 0.660 bits per heavy atom. The van der Waals surface area contributed by atoms with Crippen LogP contribution in [0.25, 0.3) is 22.6 Å². The van der Waals surface area contributed by atoms with Crippen molar-refractivity contribution in [2.75, 3.05) is 6.54 Å². The third-order valence-corrected chi connectivity index (χ3v) is 15.8. The first-order valence-corrected chi connectivity index (χ1v) is 20.1. The highest BCUT2D eigenvalue weighted by Crippen LogP contribution is 2.48. The quantitative estimate of drug-likeness (QED) is 0.151. The van der Waals surface area contributed by atoms with E-state index < -0.39 is 8.32 Å². The molecule has 1 saturated heterocycles. The molecule has 0 spiro atoms. The minimum atomic E-state index is -2.78. The molecule has 2 atom stereocenters. The van der Waals surface area contributed by atoms with Crippen LogP contribution in [0, 0.1) is 0 Å². The summed E-state index contributed by atoms with van der Waals surface area (Å²) in [6, 6.07) is 50.1. The van der Waals surface area contributed by atoms with Crippen LogP contribution in [-0.2, 0) is 6.42 Å². The van der Waals surface area contributed by atoms with Crippen LogP contribution < -0.4 is 14.8 Å². The van der Waals surface area contributed by atoms with E-state index in [9.17, 15) is 0 Å². The summed E-state index contributed by atoms with van der Waals surface area (Å²) in [5.41, 5.74) is 5.83. The summed E-state index contributed by atoms with van der Waals surface area (Å²) in [5.74, 6) is 2.72. The van der Waals surface area contributed by atoms with E-state index in [0.29, 0.717) is 0 Å². The number of rotatable bonds is 8. The van der Waals surface area contributed by atoms with Crippen molar-refractivity contribution in [2.24, 2.45) is 0 Å². The van der Waals surface area contributed by atoms with Crippen LogP contribution in [0.4, 0.5) is 0 Å². The standard InChI is InChI=1S/C45H46N2O2Si/c1-45(2,3)50(35-23-12-6-13-24-35,36-25-14-7-15-26-36)49-41-31-17-27-37-38(41)28-16-29-39(37)47-32-18-30-40(47)44-46-42(33-19-8-4-9-20-33)43(48-44)34-21-10-5-11-22-34/h4-15,17,19-27,31,39-40H,16,18,28-30,32H2,1-3H3/t39-,40?/m0/s1. The second-order valence-corrected chi connectivity index (χ2v) is 19.1. The van der Waals surface area contributed by atoms with Gasteiger partial charge in [-0.1, -0.05) is 154 Å². The fourth-order valence-corrected chi connectivity index (χ4v) is 13.0. The molecule has 6 aromatic rings. The second-order valence-electron chi connectivity index (χ2n) is 14.9. The Hall–Kier alpha value is -4.71. The van der Waals surface area contributed by atoms with Gasteiger partial charge in [-0.3, -0.25) is 4.90 Å². The van der Waals surface area contributed by atoms with Crippen molar-refractivity contribution in [2.45, 2.75) is 70.0 Å². The normalized spacial score (nSPS) is 18.1. The van der Waals surface area contributed by atoms with Gasteiger partial charge in [0.05, 0.1) is 6.04 Å². The molecule has 5 heteroatoms. The Morgan fingerprint density at radius 3 is 1.86 bits per heavy atom. The molecule has 50 heavy (non-hydrogen) atoms. The smallest absolute Gasteiger partial charge is 0.319 e. The lowest BCUT2D eigenvalue weighted by atomic mass is 9.86. The number of oxazole rings is 1. The van der Waals surface area contributed by atoms with Gasteiger partial charge in [-0.15, -0.1) is 0 Å². The van der Waals surface area contributed by atoms with Gasteiger partial charge in [0.2, 0.25) is 5.89 Å². The predicted octanol–water partition coefficient (Wildman–Crippen LogP) is 10.2. The first-order chi connectivity index (χ1) is 24.4. The van der Waals surface area contributed by atoms with E-state index >= 15 is 0 Å². The zero-order chi connectivity index (χ0) is 34.1. The molecular formula is C45H46N2O2Si. The Balaban J connectivity index is 1.19. The Bertz CT molecular complexity index is 1940. The lowest BCUT2D eigenvalue weighted by Gasteiger charge is -2.44. The Kier molecular flexibility index (Phi) is 8.80. The molecule has 0 saturated carbocycles. The summed E-state index contributed by atoms with van der Waals surface area (Å²) >= 11 is 0. The maximum atomic E-state index is 7.67. The van der Waals surface area contributed by atoms with E-state index in [4.69, 9.17) is 13.8 Å². The van der Waals surface area contributed by atoms with Crippen LogP contribution in [0.5, 0.6) is 5.75 Å². The summed E-state index contributed by atoms with van der Waals surface area (Å²) in [4.78, 5) is 7.95. The predicted molar refractivity (Wildman–Crippen MR) is 206 cm³/mol. The van der Waals surface area contributed by atoms with Gasteiger partial charge in [0.1, 0.15) is 11.4 Å². The van der Waals surface area contributed by atoms with Gasteiger partial charge in [0.15, 0.2) is 5.76 Å². The SMILES string of the molecule is CC(C)(C)[Si](Oc1cccc2c1CCC[C@@H]2N1CCCC1c1nc(-c2ccccc2)c(-c2ccccc2)o1)(c1ccccc1)c1ccccc1. The number of nitrogens with zero attached hydrogens (tertiary/aromatic N) is 2. The summed E-state index contributed by atoms with van der Waals surface area (Å²) in [5, 5.41) is 2.50. The topological polar surface area (TPSA) is 38.5 Å². The van der Waals surface area contributed by atoms with Crippen molar-refractivity contribution in [1.29, 1.82) is 0 Å². The second kappa shape index (κ2) is 13.5. The number of hydrogen-bond acceptors (Lipinski definition) is 4. The van der Waals surface area contributed by atoms with Gasteiger partial charge < -0.3 is 8.84 Å². The molecule has 4 nitrogen and oxygen atoms in total. The van der Waals surface area contributed by atoms with E-state index in [1.54, 1.807) is 0 Å². The highest BCUT2D eigenvalue weighted by Gasteiger charge is 2.52. The Labute approximate surface area is 297 Å². The van der Waals surface area contributed by atoms with Gasteiger partial charge in [-0.05, 0) is 71.3 Å². The van der Waals surface area contributed by atoms with Crippen molar-refractivity contribution in [1.82, 2.24) is 9.88 Å². The zero-order valence-electron chi connectivity index (χ0n) is 29.4. The minimum Gasteiger partial charge on any atom is -0.534 e. The number of benzene rings is 5. The largest absolute Gasteiger partial charge is 0.534 e. The molecule has 2 heterocycles. The zero-order valence-corrected chi connectivity index (χ0v) is 30.4. The van der Waals surface area contributed by atoms with E-state index in [-0.39, 0.29) is 17.1 Å². The number of likely N-dealkylation sites (tertiary alicyclic amines) is 1. The van der Waals surface area contributed by atoms with Crippen molar-refractivity contribution >= 4 is 18.7 Å². The highest BCUT2D eigenvalue weighted by atomic mass is 28.4. The summed E-state index contributed by atoms with van der Waals surface area (Å²) in [6.45, 7) is 8.10. The van der Waals surface area contributed by atoms with Gasteiger partial charge in [0, 0.05) is 17.2 Å². The lowest BCUT2D eigenvalue weighted by Crippen LogP contribution is -2.69. The van der Waals surface area contributed by atoms with E-state index in [2.05, 4.69) is 159 Å². The summed E-state index contributed by atoms with van der Waals surface area (Å²) < 4.78 is 14.5. The first kappa shape index (κ1) is 32.5. The van der Waals surface area contributed by atoms with Gasteiger partial charge >= 0.3 is 8.32 Å². The number of fused-ring (bicyclic) bond motifs is 1. The number of aromatic nitrogens is 1. The molecule has 1 fully saturated rings. The molecule has 1 aromatic heterocycles. The van der Waals surface area contributed by atoms with Crippen molar-refractivity contribution in [3.63, 3.8) is 0 Å². The van der Waals surface area contributed by atoms with Crippen LogP contribution in [0.3, 0.4) is 0 Å². The molecule has 1 aliphatic heterocycles. The summed E-state index contributed by atoms with van der Waals surface area (Å²) in [7, 11) is -2.78. The van der Waals surface area contributed by atoms with E-state index in [0.717, 1.165) is 72.9 Å². The molecule has 0 bridgehead atoms. The molecule has 1 aliphatic carbocycles. The fourth-order valence-electron chi connectivity index (χ4n) is 8.53. The van der Waals surface area contributed by atoms with Crippen LogP contribution >= 0.6 is 0 Å². The highest BCUT2D eigenvalue weighted by molar-refractivity contribution is 7.00. The van der Waals surface area contributed by atoms with Gasteiger partial charge in [0.25, 0.3) is 0 Å². The van der Waals surface area contributed by atoms with E-state index in [1.807, 2.05) is 6.07 Å². The molecular weight excluding hydrogens is 629 g/mol. The van der Waals surface area contributed by atoms with Crippen LogP contribution in [-0.4, -0.2) is 24.7 Å². The lowest BCUT2D eigenvalue weighted by molar-refractivity contribution is 0.144. The van der Waals surface area contributed by atoms with Crippen molar-refractivity contribution in [3.05, 3.63) is 157 Å².